The van der Waals surface area contributed by atoms with Gasteiger partial charge in [-0.15, -0.1) is 0 Å². The Hall–Kier alpha value is -1.35. The molecule has 9 heteroatoms. The summed E-state index contributed by atoms with van der Waals surface area (Å²) in [6.07, 6.45) is 80.8. The molecule has 81 heavy (non-hydrogen) atoms. The van der Waals surface area contributed by atoms with E-state index in [1.54, 1.807) is 0 Å². The van der Waals surface area contributed by atoms with Gasteiger partial charge in [0.05, 0.1) is 0 Å². The van der Waals surface area contributed by atoms with Crippen LogP contribution in [-0.4, -0.2) is 67.4 Å². The second-order valence-electron chi connectivity index (χ2n) is 24.4. The van der Waals surface area contributed by atoms with Gasteiger partial charge in [0.15, 0.2) is 0 Å². The molecule has 0 aliphatic carbocycles. The summed E-state index contributed by atoms with van der Waals surface area (Å²) in [5.41, 5.74) is 0. The first kappa shape index (κ1) is 88.4. The van der Waals surface area contributed by atoms with E-state index in [9.17, 15) is 19.2 Å². The standard InChI is InChI=1S/4C18H36O2.Mg.2H/c4*1-2-3-4-5-6-7-8-9-10-11-12-13-14-15-16-17-18(19)20;;;/h4*2-17H2,1H3,(H,19,20);;;/q;;;;+2;2*-1. The maximum atomic E-state index is 10.3. The Bertz CT molecular complexity index is 1000. The number of carbonyl (C=O) groups is 4. The monoisotopic (exact) mass is 1160 g/mol. The third-order valence-electron chi connectivity index (χ3n) is 16.0. The fourth-order valence-corrected chi connectivity index (χ4v) is 10.6. The van der Waals surface area contributed by atoms with E-state index in [-0.39, 0.29) is 25.9 Å². The van der Waals surface area contributed by atoms with Gasteiger partial charge in [-0.2, -0.15) is 0 Å². The van der Waals surface area contributed by atoms with E-state index in [0.717, 1.165) is 51.4 Å². The zero-order chi connectivity index (χ0) is 59.6. The van der Waals surface area contributed by atoms with Crippen LogP contribution in [0.3, 0.4) is 0 Å². The van der Waals surface area contributed by atoms with E-state index in [4.69, 9.17) is 20.4 Å². The predicted molar refractivity (Wildman–Crippen MR) is 357 cm³/mol. The third kappa shape index (κ3) is 104. The molecule has 0 aliphatic rings. The quantitative estimate of drug-likeness (QED) is 0.0347. The van der Waals surface area contributed by atoms with Gasteiger partial charge in [-0.25, -0.2) is 0 Å². The van der Waals surface area contributed by atoms with Crippen LogP contribution in [-0.2, 0) is 19.2 Å². The van der Waals surface area contributed by atoms with E-state index in [2.05, 4.69) is 27.7 Å². The van der Waals surface area contributed by atoms with Gasteiger partial charge in [-0.1, -0.05) is 387 Å². The maximum Gasteiger partial charge on any atom is 2.00 e. The van der Waals surface area contributed by atoms with Crippen molar-refractivity contribution in [3.8, 4) is 0 Å². The third-order valence-corrected chi connectivity index (χ3v) is 16.0. The van der Waals surface area contributed by atoms with E-state index in [1.165, 1.54) is 334 Å². The Kier molecular flexibility index (Phi) is 92.9. The van der Waals surface area contributed by atoms with Gasteiger partial charge in [0.1, 0.15) is 0 Å². The van der Waals surface area contributed by atoms with E-state index in [0.29, 0.717) is 25.7 Å². The molecular formula is C72H146MgO8. The second kappa shape index (κ2) is 85.1. The van der Waals surface area contributed by atoms with Gasteiger partial charge >= 0.3 is 46.9 Å². The molecule has 0 aliphatic heterocycles. The molecule has 0 spiro atoms. The molecule has 0 unspecified atom stereocenters. The molecule has 0 aromatic rings. The number of carboxylic acid groups (broad SMARTS) is 4. The first-order chi connectivity index (χ1) is 39.1. The van der Waals surface area contributed by atoms with E-state index < -0.39 is 23.9 Å². The zero-order valence-electron chi connectivity index (χ0n) is 57.4. The predicted octanol–water partition coefficient (Wildman–Crippen LogP) is 25.2. The Labute approximate surface area is 525 Å². The number of carboxylic acids is 4. The maximum absolute atomic E-state index is 10.3. The van der Waals surface area contributed by atoms with Crippen LogP contribution < -0.4 is 0 Å². The Morgan fingerprint density at radius 3 is 0.321 bits per heavy atom. The first-order valence-corrected chi connectivity index (χ1v) is 36.0. The van der Waals surface area contributed by atoms with Crippen LogP contribution in [0, 0.1) is 0 Å². The molecule has 0 atom stereocenters. The molecule has 0 saturated carbocycles. The smallest absolute Gasteiger partial charge is 1.00 e. The average Bonchev–Trinajstić information content (AvgIpc) is 3.43. The van der Waals surface area contributed by atoms with Gasteiger partial charge < -0.3 is 23.3 Å². The summed E-state index contributed by atoms with van der Waals surface area (Å²) in [5, 5.41) is 34.1. The minimum absolute atomic E-state index is 0. The van der Waals surface area contributed by atoms with Crippen LogP contribution in [0.5, 0.6) is 0 Å². The van der Waals surface area contributed by atoms with Crippen LogP contribution in [0.15, 0.2) is 0 Å². The number of hydrogen-bond acceptors (Lipinski definition) is 4. The summed E-state index contributed by atoms with van der Waals surface area (Å²) in [5.74, 6) is -2.61. The largest absolute Gasteiger partial charge is 2.00 e. The molecule has 0 saturated heterocycles. The fourth-order valence-electron chi connectivity index (χ4n) is 10.6. The Balaban J connectivity index is -0.000000183. The van der Waals surface area contributed by atoms with Gasteiger partial charge in [0, 0.05) is 25.7 Å². The minimum atomic E-state index is -0.653. The van der Waals surface area contributed by atoms with Crippen LogP contribution in [0.4, 0.5) is 0 Å². The normalized spacial score (nSPS) is 10.7. The number of hydrogen-bond donors (Lipinski definition) is 4. The summed E-state index contributed by atoms with van der Waals surface area (Å²) in [6.45, 7) is 9.08. The van der Waals surface area contributed by atoms with Crippen molar-refractivity contribution in [3.05, 3.63) is 0 Å². The number of unbranched alkanes of at least 4 members (excludes halogenated alkanes) is 56. The van der Waals surface area contributed by atoms with Crippen molar-refractivity contribution in [2.24, 2.45) is 0 Å². The van der Waals surface area contributed by atoms with Crippen LogP contribution >= 0.6 is 0 Å². The first-order valence-electron chi connectivity index (χ1n) is 36.0. The molecule has 0 fully saturated rings. The topological polar surface area (TPSA) is 149 Å². The van der Waals surface area contributed by atoms with E-state index in [1.807, 2.05) is 0 Å². The van der Waals surface area contributed by atoms with Crippen molar-refractivity contribution in [1.82, 2.24) is 0 Å². The van der Waals surface area contributed by atoms with Crippen LogP contribution in [0.1, 0.15) is 441 Å². The summed E-state index contributed by atoms with van der Waals surface area (Å²) in [4.78, 5) is 41.3. The van der Waals surface area contributed by atoms with Crippen LogP contribution in [0.2, 0.25) is 0 Å². The molecule has 0 radical (unpaired) electrons. The summed E-state index contributed by atoms with van der Waals surface area (Å²) in [7, 11) is 0. The Morgan fingerprint density at radius 2 is 0.247 bits per heavy atom. The number of aliphatic carboxylic acids is 4. The molecule has 8 nitrogen and oxygen atoms in total. The molecule has 0 aromatic heterocycles. The van der Waals surface area contributed by atoms with Crippen molar-refractivity contribution >= 4 is 46.9 Å². The van der Waals surface area contributed by atoms with Crippen LogP contribution in [0.25, 0.3) is 0 Å². The molecule has 0 rings (SSSR count). The summed E-state index contributed by atoms with van der Waals surface area (Å²) < 4.78 is 0. The molecule has 0 aromatic carbocycles. The zero-order valence-corrected chi connectivity index (χ0v) is 56.8. The SMILES string of the molecule is CCCCCCCCCCCCCCCCCC(=O)O.CCCCCCCCCCCCCCCCCC(=O)O.CCCCCCCCCCCCCCCCCC(=O)O.CCCCCCCCCCCCCCCCCC(=O)O.[H-].[H-].[Mg+2]. The van der Waals surface area contributed by atoms with Gasteiger partial charge in [0.2, 0.25) is 0 Å². The van der Waals surface area contributed by atoms with E-state index >= 15 is 0 Å². The van der Waals surface area contributed by atoms with Crippen molar-refractivity contribution in [2.45, 2.75) is 439 Å². The molecule has 0 amide bonds. The molecule has 4 N–H and O–H groups in total. The molecule has 0 bridgehead atoms. The molecule has 484 valence electrons. The van der Waals surface area contributed by atoms with Gasteiger partial charge in [-0.05, 0) is 25.7 Å². The summed E-state index contributed by atoms with van der Waals surface area (Å²) in [6, 6.07) is 0. The van der Waals surface area contributed by atoms with Gasteiger partial charge in [0.25, 0.3) is 0 Å². The second-order valence-corrected chi connectivity index (χ2v) is 24.4. The summed E-state index contributed by atoms with van der Waals surface area (Å²) >= 11 is 0. The van der Waals surface area contributed by atoms with Crippen molar-refractivity contribution in [1.29, 1.82) is 0 Å². The molecular weight excluding hydrogens is 1020 g/mol. The van der Waals surface area contributed by atoms with Crippen molar-refractivity contribution < 1.29 is 42.5 Å². The molecule has 0 heterocycles. The Morgan fingerprint density at radius 1 is 0.173 bits per heavy atom. The van der Waals surface area contributed by atoms with Crippen molar-refractivity contribution in [3.63, 3.8) is 0 Å². The average molecular weight is 1160 g/mol. The van der Waals surface area contributed by atoms with Crippen molar-refractivity contribution in [2.75, 3.05) is 0 Å². The minimum Gasteiger partial charge on any atom is -1.00 e. The fraction of sp³-hybridized carbons (Fsp3) is 0.944. The number of rotatable bonds is 64. The van der Waals surface area contributed by atoms with Gasteiger partial charge in [-0.3, -0.25) is 19.2 Å².